The van der Waals surface area contributed by atoms with Crippen LogP contribution in [0.5, 0.6) is 11.5 Å². The number of allylic oxidation sites excluding steroid dienone is 4. The second kappa shape index (κ2) is 5.33. The van der Waals surface area contributed by atoms with E-state index in [9.17, 15) is 19.8 Å². The minimum absolute atomic E-state index is 0.0965. The normalized spacial score (nSPS) is 14.5. The third-order valence-electron chi connectivity index (χ3n) is 3.44. The number of rotatable bonds is 2. The van der Waals surface area contributed by atoms with E-state index in [-0.39, 0.29) is 23.1 Å². The molecule has 2 N–H and O–H groups in total. The molecule has 108 valence electrons. The summed E-state index contributed by atoms with van der Waals surface area (Å²) in [5, 5.41) is 18.6. The Balaban J connectivity index is 1.96. The van der Waals surface area contributed by atoms with E-state index >= 15 is 0 Å². The highest BCUT2D eigenvalue weighted by molar-refractivity contribution is 6.43. The standard InChI is InChI=1S/C18H12O4/c19-13-5-1-11(2-6-13)15-9-18(22)16(10-17(15)21)12-3-7-14(20)8-4-12/h1-10,19-20H. The van der Waals surface area contributed by atoms with Gasteiger partial charge in [-0.05, 0) is 47.5 Å². The van der Waals surface area contributed by atoms with Crippen molar-refractivity contribution in [2.24, 2.45) is 0 Å². The van der Waals surface area contributed by atoms with Crippen LogP contribution in [0.4, 0.5) is 0 Å². The molecule has 0 radical (unpaired) electrons. The highest BCUT2D eigenvalue weighted by Crippen LogP contribution is 2.28. The molecule has 0 aromatic heterocycles. The molecule has 4 heteroatoms. The molecule has 0 atom stereocenters. The fourth-order valence-electron chi connectivity index (χ4n) is 2.29. The van der Waals surface area contributed by atoms with E-state index in [0.29, 0.717) is 22.3 Å². The summed E-state index contributed by atoms with van der Waals surface area (Å²) >= 11 is 0. The Bertz CT molecular complexity index is 738. The first kappa shape index (κ1) is 13.8. The molecule has 1 aliphatic carbocycles. The third kappa shape index (κ3) is 2.54. The summed E-state index contributed by atoms with van der Waals surface area (Å²) in [5.41, 5.74) is 1.76. The largest absolute Gasteiger partial charge is 0.508 e. The summed E-state index contributed by atoms with van der Waals surface area (Å²) in [6.45, 7) is 0. The number of aromatic hydroxyl groups is 2. The first-order chi connectivity index (χ1) is 10.5. The first-order valence-corrected chi connectivity index (χ1v) is 6.65. The fraction of sp³-hybridized carbons (Fsp3) is 0. The molecule has 3 rings (SSSR count). The van der Waals surface area contributed by atoms with Gasteiger partial charge >= 0.3 is 0 Å². The van der Waals surface area contributed by atoms with Gasteiger partial charge in [0.25, 0.3) is 0 Å². The first-order valence-electron chi connectivity index (χ1n) is 6.65. The Kier molecular flexibility index (Phi) is 3.35. The van der Waals surface area contributed by atoms with E-state index in [1.807, 2.05) is 0 Å². The maximum atomic E-state index is 12.3. The number of ketones is 2. The van der Waals surface area contributed by atoms with Gasteiger partial charge in [0.05, 0.1) is 0 Å². The zero-order valence-corrected chi connectivity index (χ0v) is 11.5. The molecule has 0 bridgehead atoms. The van der Waals surface area contributed by atoms with Crippen molar-refractivity contribution in [2.45, 2.75) is 0 Å². The summed E-state index contributed by atoms with van der Waals surface area (Å²) < 4.78 is 0. The van der Waals surface area contributed by atoms with Gasteiger partial charge < -0.3 is 10.2 Å². The molecular formula is C18H12O4. The minimum Gasteiger partial charge on any atom is -0.508 e. The van der Waals surface area contributed by atoms with Crippen LogP contribution in [0.25, 0.3) is 11.1 Å². The lowest BCUT2D eigenvalue weighted by Crippen LogP contribution is -2.11. The van der Waals surface area contributed by atoms with Crippen molar-refractivity contribution in [1.82, 2.24) is 0 Å². The molecule has 4 nitrogen and oxygen atoms in total. The average molecular weight is 292 g/mol. The van der Waals surface area contributed by atoms with Gasteiger partial charge in [0, 0.05) is 11.1 Å². The summed E-state index contributed by atoms with van der Waals surface area (Å²) in [5.74, 6) is -0.347. The Hall–Kier alpha value is -3.14. The van der Waals surface area contributed by atoms with Crippen LogP contribution in [-0.4, -0.2) is 21.8 Å². The van der Waals surface area contributed by atoms with E-state index in [0.717, 1.165) is 0 Å². The number of carbonyl (C=O) groups excluding carboxylic acids is 2. The lowest BCUT2D eigenvalue weighted by molar-refractivity contribution is -0.112. The summed E-state index contributed by atoms with van der Waals surface area (Å²) in [7, 11) is 0. The van der Waals surface area contributed by atoms with Crippen molar-refractivity contribution in [2.75, 3.05) is 0 Å². The molecule has 2 aromatic rings. The van der Waals surface area contributed by atoms with Crippen LogP contribution < -0.4 is 0 Å². The number of hydrogen-bond donors (Lipinski definition) is 2. The second-order valence-corrected chi connectivity index (χ2v) is 4.94. The Morgan fingerprint density at radius 1 is 0.545 bits per heavy atom. The maximum Gasteiger partial charge on any atom is 0.187 e. The molecule has 0 unspecified atom stereocenters. The van der Waals surface area contributed by atoms with E-state index in [1.54, 1.807) is 24.3 Å². The topological polar surface area (TPSA) is 74.6 Å². The quantitative estimate of drug-likeness (QED) is 0.835. The van der Waals surface area contributed by atoms with Crippen LogP contribution in [-0.2, 0) is 9.59 Å². The highest BCUT2D eigenvalue weighted by Gasteiger charge is 2.22. The van der Waals surface area contributed by atoms with Gasteiger partial charge in [-0.15, -0.1) is 0 Å². The predicted molar refractivity (Wildman–Crippen MR) is 82.2 cm³/mol. The lowest BCUT2D eigenvalue weighted by atomic mass is 9.89. The highest BCUT2D eigenvalue weighted by atomic mass is 16.3. The van der Waals surface area contributed by atoms with Crippen LogP contribution in [0.3, 0.4) is 0 Å². The Morgan fingerprint density at radius 2 is 0.864 bits per heavy atom. The summed E-state index contributed by atoms with van der Waals surface area (Å²) in [4.78, 5) is 24.5. The number of benzene rings is 2. The molecule has 2 aromatic carbocycles. The zero-order chi connectivity index (χ0) is 15.7. The summed E-state index contributed by atoms with van der Waals surface area (Å²) in [6.07, 6.45) is 2.60. The van der Waals surface area contributed by atoms with Crippen molar-refractivity contribution in [1.29, 1.82) is 0 Å². The molecular weight excluding hydrogens is 280 g/mol. The van der Waals surface area contributed by atoms with Gasteiger partial charge in [0.1, 0.15) is 11.5 Å². The number of phenolic OH excluding ortho intramolecular Hbond substituents is 2. The average Bonchev–Trinajstić information content (AvgIpc) is 2.51. The molecule has 0 fully saturated rings. The molecule has 0 aliphatic heterocycles. The minimum atomic E-state index is -0.270. The Morgan fingerprint density at radius 3 is 1.18 bits per heavy atom. The molecule has 0 amide bonds. The van der Waals surface area contributed by atoms with Crippen LogP contribution in [0.15, 0.2) is 60.7 Å². The zero-order valence-electron chi connectivity index (χ0n) is 11.5. The van der Waals surface area contributed by atoms with E-state index in [2.05, 4.69) is 0 Å². The number of phenols is 2. The predicted octanol–water partition coefficient (Wildman–Crippen LogP) is 2.72. The fourth-order valence-corrected chi connectivity index (χ4v) is 2.29. The molecule has 22 heavy (non-hydrogen) atoms. The van der Waals surface area contributed by atoms with Gasteiger partial charge in [-0.2, -0.15) is 0 Å². The van der Waals surface area contributed by atoms with Crippen molar-refractivity contribution >= 4 is 22.7 Å². The molecule has 0 saturated carbocycles. The lowest BCUT2D eigenvalue weighted by Gasteiger charge is -2.13. The van der Waals surface area contributed by atoms with Gasteiger partial charge in [0.15, 0.2) is 11.6 Å². The van der Waals surface area contributed by atoms with E-state index < -0.39 is 0 Å². The monoisotopic (exact) mass is 292 g/mol. The van der Waals surface area contributed by atoms with Crippen molar-refractivity contribution in [3.63, 3.8) is 0 Å². The van der Waals surface area contributed by atoms with E-state index in [4.69, 9.17) is 0 Å². The number of hydrogen-bond acceptors (Lipinski definition) is 4. The van der Waals surface area contributed by atoms with Crippen molar-refractivity contribution in [3.05, 3.63) is 71.8 Å². The molecule has 0 heterocycles. The van der Waals surface area contributed by atoms with Gasteiger partial charge in [-0.3, -0.25) is 9.59 Å². The van der Waals surface area contributed by atoms with Crippen LogP contribution in [0.2, 0.25) is 0 Å². The Labute approximate surface area is 126 Å². The van der Waals surface area contributed by atoms with Crippen LogP contribution >= 0.6 is 0 Å². The maximum absolute atomic E-state index is 12.3. The van der Waals surface area contributed by atoms with Gasteiger partial charge in [0.2, 0.25) is 0 Å². The molecule has 1 aliphatic rings. The number of carbonyl (C=O) groups is 2. The summed E-state index contributed by atoms with van der Waals surface area (Å²) in [6, 6.07) is 12.2. The smallest absolute Gasteiger partial charge is 0.187 e. The molecule has 0 saturated heterocycles. The van der Waals surface area contributed by atoms with Crippen LogP contribution in [0.1, 0.15) is 11.1 Å². The van der Waals surface area contributed by atoms with Gasteiger partial charge in [-0.1, -0.05) is 24.3 Å². The molecule has 0 spiro atoms. The SMILES string of the molecule is O=C1C=C(c2ccc(O)cc2)C(=O)C=C1c1ccc(O)cc1. The van der Waals surface area contributed by atoms with Crippen molar-refractivity contribution < 1.29 is 19.8 Å². The van der Waals surface area contributed by atoms with Crippen LogP contribution in [0, 0.1) is 0 Å². The van der Waals surface area contributed by atoms with Gasteiger partial charge in [-0.25, -0.2) is 0 Å². The second-order valence-electron chi connectivity index (χ2n) is 4.94. The van der Waals surface area contributed by atoms with E-state index in [1.165, 1.54) is 36.4 Å². The third-order valence-corrected chi connectivity index (χ3v) is 3.44. The van der Waals surface area contributed by atoms with Crippen molar-refractivity contribution in [3.8, 4) is 11.5 Å².